The molecule has 0 rings (SSSR count). The number of hydrogen-bond acceptors (Lipinski definition) is 3. The molecule has 0 radical (unpaired) electrons. The quantitative estimate of drug-likeness (QED) is 0.716. The zero-order chi connectivity index (χ0) is 13.5. The predicted octanol–water partition coefficient (Wildman–Crippen LogP) is 1.68. The van der Waals surface area contributed by atoms with Crippen molar-refractivity contribution < 1.29 is 9.53 Å². The van der Waals surface area contributed by atoms with E-state index in [1.165, 1.54) is 0 Å². The van der Waals surface area contributed by atoms with Crippen LogP contribution in [-0.4, -0.2) is 31.2 Å². The standard InChI is InChI=1S/C13H28N2O2/c1-6-13(7-2,9-14)10-15-11(16)8-17-12(3,4)5/h6-10,14H2,1-5H3,(H,15,16). The van der Waals surface area contributed by atoms with Gasteiger partial charge in [-0.25, -0.2) is 0 Å². The van der Waals surface area contributed by atoms with E-state index in [1.807, 2.05) is 20.8 Å². The third-order valence-electron chi connectivity index (χ3n) is 3.23. The monoisotopic (exact) mass is 244 g/mol. The molecule has 0 aromatic carbocycles. The fourth-order valence-electron chi connectivity index (χ4n) is 1.48. The molecule has 4 heteroatoms. The van der Waals surface area contributed by atoms with E-state index < -0.39 is 0 Å². The summed E-state index contributed by atoms with van der Waals surface area (Å²) in [4.78, 5) is 11.6. The highest BCUT2D eigenvalue weighted by Crippen LogP contribution is 2.23. The average Bonchev–Trinajstić information content (AvgIpc) is 2.28. The van der Waals surface area contributed by atoms with Gasteiger partial charge in [-0.15, -0.1) is 0 Å². The summed E-state index contributed by atoms with van der Waals surface area (Å²) in [6, 6.07) is 0. The summed E-state index contributed by atoms with van der Waals surface area (Å²) < 4.78 is 5.41. The molecule has 0 unspecified atom stereocenters. The van der Waals surface area contributed by atoms with Crippen LogP contribution in [0.1, 0.15) is 47.5 Å². The zero-order valence-corrected chi connectivity index (χ0v) is 11.9. The Morgan fingerprint density at radius 2 is 1.76 bits per heavy atom. The molecule has 102 valence electrons. The summed E-state index contributed by atoms with van der Waals surface area (Å²) in [5.41, 5.74) is 5.52. The summed E-state index contributed by atoms with van der Waals surface area (Å²) in [5, 5.41) is 2.90. The van der Waals surface area contributed by atoms with Gasteiger partial charge in [-0.05, 0) is 45.6 Å². The molecule has 0 aromatic rings. The van der Waals surface area contributed by atoms with Gasteiger partial charge in [0.2, 0.25) is 5.91 Å². The van der Waals surface area contributed by atoms with Crippen LogP contribution in [0.2, 0.25) is 0 Å². The maximum absolute atomic E-state index is 11.6. The van der Waals surface area contributed by atoms with Crippen LogP contribution in [0.5, 0.6) is 0 Å². The predicted molar refractivity (Wildman–Crippen MR) is 70.8 cm³/mol. The van der Waals surface area contributed by atoms with E-state index in [2.05, 4.69) is 19.2 Å². The summed E-state index contributed by atoms with van der Waals surface area (Å²) in [6.45, 7) is 11.3. The van der Waals surface area contributed by atoms with Crippen LogP contribution in [0, 0.1) is 5.41 Å². The minimum atomic E-state index is -0.280. The fraction of sp³-hybridized carbons (Fsp3) is 0.923. The number of nitrogens with one attached hydrogen (secondary N) is 1. The molecule has 0 heterocycles. The Balaban J connectivity index is 4.06. The highest BCUT2D eigenvalue weighted by atomic mass is 16.5. The van der Waals surface area contributed by atoms with Gasteiger partial charge < -0.3 is 15.8 Å². The van der Waals surface area contributed by atoms with Crippen LogP contribution < -0.4 is 11.1 Å². The van der Waals surface area contributed by atoms with E-state index in [1.54, 1.807) is 0 Å². The SMILES string of the molecule is CCC(CC)(CN)CNC(=O)COC(C)(C)C. The van der Waals surface area contributed by atoms with Gasteiger partial charge in [0, 0.05) is 6.54 Å². The third kappa shape index (κ3) is 6.64. The Bertz CT molecular complexity index is 222. The van der Waals surface area contributed by atoms with Crippen LogP contribution >= 0.6 is 0 Å². The van der Waals surface area contributed by atoms with E-state index >= 15 is 0 Å². The highest BCUT2D eigenvalue weighted by Gasteiger charge is 2.25. The molecule has 0 fully saturated rings. The molecule has 0 saturated carbocycles. The van der Waals surface area contributed by atoms with Crippen LogP contribution in [0.3, 0.4) is 0 Å². The number of amides is 1. The molecular weight excluding hydrogens is 216 g/mol. The lowest BCUT2D eigenvalue weighted by Gasteiger charge is -2.30. The van der Waals surface area contributed by atoms with Gasteiger partial charge in [0.15, 0.2) is 0 Å². The lowest BCUT2D eigenvalue weighted by atomic mass is 9.82. The zero-order valence-electron chi connectivity index (χ0n) is 11.9. The number of carbonyl (C=O) groups excluding carboxylic acids is 1. The van der Waals surface area contributed by atoms with Gasteiger partial charge in [0.05, 0.1) is 5.60 Å². The summed E-state index contributed by atoms with van der Waals surface area (Å²) in [5.74, 6) is -0.0698. The first-order valence-corrected chi connectivity index (χ1v) is 6.39. The van der Waals surface area contributed by atoms with Crippen molar-refractivity contribution in [3.8, 4) is 0 Å². The maximum atomic E-state index is 11.6. The van der Waals surface area contributed by atoms with E-state index in [4.69, 9.17) is 10.5 Å². The topological polar surface area (TPSA) is 64.3 Å². The van der Waals surface area contributed by atoms with Crippen molar-refractivity contribution in [1.82, 2.24) is 5.32 Å². The molecule has 0 atom stereocenters. The molecule has 17 heavy (non-hydrogen) atoms. The van der Waals surface area contributed by atoms with Gasteiger partial charge in [0.1, 0.15) is 6.61 Å². The van der Waals surface area contributed by atoms with Gasteiger partial charge in [-0.1, -0.05) is 13.8 Å². The molecule has 0 aromatic heterocycles. The molecular formula is C13H28N2O2. The van der Waals surface area contributed by atoms with Gasteiger partial charge in [-0.2, -0.15) is 0 Å². The molecule has 0 bridgehead atoms. The van der Waals surface area contributed by atoms with Crippen molar-refractivity contribution >= 4 is 5.91 Å². The Labute approximate surface area is 105 Å². The first kappa shape index (κ1) is 16.4. The Kier molecular flexibility index (Phi) is 6.72. The lowest BCUT2D eigenvalue weighted by Crippen LogP contribution is -2.43. The van der Waals surface area contributed by atoms with Crippen molar-refractivity contribution in [2.24, 2.45) is 11.1 Å². The molecule has 0 saturated heterocycles. The molecule has 1 amide bonds. The highest BCUT2D eigenvalue weighted by molar-refractivity contribution is 5.77. The van der Waals surface area contributed by atoms with Crippen molar-refractivity contribution in [2.45, 2.75) is 53.1 Å². The molecule has 3 N–H and O–H groups in total. The molecule has 0 aliphatic rings. The second-order valence-corrected chi connectivity index (χ2v) is 5.59. The minimum Gasteiger partial charge on any atom is -0.366 e. The van der Waals surface area contributed by atoms with Crippen LogP contribution in [0.4, 0.5) is 0 Å². The van der Waals surface area contributed by atoms with Crippen molar-refractivity contribution in [1.29, 1.82) is 0 Å². The van der Waals surface area contributed by atoms with Gasteiger partial charge in [-0.3, -0.25) is 4.79 Å². The first-order valence-electron chi connectivity index (χ1n) is 6.39. The van der Waals surface area contributed by atoms with E-state index in [-0.39, 0.29) is 23.5 Å². The van der Waals surface area contributed by atoms with Crippen LogP contribution in [-0.2, 0) is 9.53 Å². The molecule has 0 spiro atoms. The Morgan fingerprint density at radius 1 is 1.24 bits per heavy atom. The summed E-state index contributed by atoms with van der Waals surface area (Å²) in [7, 11) is 0. The third-order valence-corrected chi connectivity index (χ3v) is 3.23. The lowest BCUT2D eigenvalue weighted by molar-refractivity contribution is -0.131. The molecule has 4 nitrogen and oxygen atoms in total. The summed E-state index contributed by atoms with van der Waals surface area (Å²) >= 11 is 0. The second kappa shape index (κ2) is 6.97. The van der Waals surface area contributed by atoms with E-state index in [9.17, 15) is 4.79 Å². The van der Waals surface area contributed by atoms with E-state index in [0.717, 1.165) is 12.8 Å². The van der Waals surface area contributed by atoms with Crippen LogP contribution in [0.25, 0.3) is 0 Å². The molecule has 0 aliphatic heterocycles. The summed E-state index contributed by atoms with van der Waals surface area (Å²) in [6.07, 6.45) is 1.95. The maximum Gasteiger partial charge on any atom is 0.246 e. The number of nitrogens with two attached hydrogens (primary N) is 1. The minimum absolute atomic E-state index is 0.0252. The Morgan fingerprint density at radius 3 is 2.12 bits per heavy atom. The van der Waals surface area contributed by atoms with Crippen molar-refractivity contribution in [3.05, 3.63) is 0 Å². The van der Waals surface area contributed by atoms with Crippen molar-refractivity contribution in [3.63, 3.8) is 0 Å². The number of rotatable bonds is 7. The van der Waals surface area contributed by atoms with Gasteiger partial charge in [0.25, 0.3) is 0 Å². The smallest absolute Gasteiger partial charge is 0.246 e. The fourth-order valence-corrected chi connectivity index (χ4v) is 1.48. The Hall–Kier alpha value is -0.610. The van der Waals surface area contributed by atoms with Crippen LogP contribution in [0.15, 0.2) is 0 Å². The molecule has 0 aliphatic carbocycles. The number of hydrogen-bond donors (Lipinski definition) is 2. The second-order valence-electron chi connectivity index (χ2n) is 5.59. The van der Waals surface area contributed by atoms with Gasteiger partial charge >= 0.3 is 0 Å². The average molecular weight is 244 g/mol. The van der Waals surface area contributed by atoms with E-state index in [0.29, 0.717) is 13.1 Å². The van der Waals surface area contributed by atoms with Crippen molar-refractivity contribution in [2.75, 3.05) is 19.7 Å². The normalized spacial score (nSPS) is 12.6. The number of carbonyl (C=O) groups is 1. The first-order chi connectivity index (χ1) is 7.78. The largest absolute Gasteiger partial charge is 0.366 e. The number of ether oxygens (including phenoxy) is 1.